The van der Waals surface area contributed by atoms with Gasteiger partial charge in [0.2, 0.25) is 0 Å². The Labute approximate surface area is 123 Å². The summed E-state index contributed by atoms with van der Waals surface area (Å²) in [5.74, 6) is 2.29. The van der Waals surface area contributed by atoms with E-state index in [4.69, 9.17) is 6.42 Å². The summed E-state index contributed by atoms with van der Waals surface area (Å²) >= 11 is 0. The Bertz CT molecular complexity index is 729. The second-order valence-electron chi connectivity index (χ2n) is 5.37. The molecule has 1 heterocycles. The monoisotopic (exact) mass is 280 g/mol. The number of hydrogen-bond donors (Lipinski definition) is 1. The molecule has 2 aromatic rings. The summed E-state index contributed by atoms with van der Waals surface area (Å²) < 4.78 is 0. The van der Waals surface area contributed by atoms with Gasteiger partial charge in [-0.2, -0.15) is 0 Å². The van der Waals surface area contributed by atoms with E-state index in [9.17, 15) is 9.90 Å². The Balaban J connectivity index is 2.17. The van der Waals surface area contributed by atoms with Crippen LogP contribution in [-0.4, -0.2) is 29.1 Å². The van der Waals surface area contributed by atoms with Crippen molar-refractivity contribution in [2.45, 2.75) is 12.8 Å². The predicted octanol–water partition coefficient (Wildman–Crippen LogP) is 2.78. The van der Waals surface area contributed by atoms with Gasteiger partial charge in [-0.25, -0.2) is 4.79 Å². The van der Waals surface area contributed by atoms with Crippen LogP contribution in [0.5, 0.6) is 0 Å². The molecule has 0 saturated heterocycles. The number of fused-ring (bicyclic) bond motifs is 1. The molecule has 0 bridgehead atoms. The van der Waals surface area contributed by atoms with Crippen molar-refractivity contribution in [1.82, 2.24) is 4.98 Å². The Morgan fingerprint density at radius 3 is 2.86 bits per heavy atom. The molecule has 1 aromatic carbocycles. The molecule has 0 unspecified atom stereocenters. The van der Waals surface area contributed by atoms with Gasteiger partial charge in [0.05, 0.1) is 17.7 Å². The van der Waals surface area contributed by atoms with Crippen LogP contribution in [-0.2, 0) is 0 Å². The van der Waals surface area contributed by atoms with Crippen LogP contribution in [0.2, 0.25) is 0 Å². The first-order valence-electron chi connectivity index (χ1n) is 7.00. The Hall–Kier alpha value is -2.54. The topological polar surface area (TPSA) is 53.4 Å². The molecule has 1 aliphatic rings. The minimum Gasteiger partial charge on any atom is -0.478 e. The number of pyridine rings is 1. The summed E-state index contributed by atoms with van der Waals surface area (Å²) in [6.07, 6.45) is 9.28. The predicted molar refractivity (Wildman–Crippen MR) is 82.5 cm³/mol. The first kappa shape index (κ1) is 13.4. The van der Waals surface area contributed by atoms with Crippen LogP contribution in [0, 0.1) is 18.3 Å². The lowest BCUT2D eigenvalue weighted by molar-refractivity contribution is 0.0697. The van der Waals surface area contributed by atoms with Gasteiger partial charge in [0.25, 0.3) is 0 Å². The highest BCUT2D eigenvalue weighted by Crippen LogP contribution is 2.35. The van der Waals surface area contributed by atoms with Gasteiger partial charge in [0.1, 0.15) is 5.56 Å². The zero-order valence-corrected chi connectivity index (χ0v) is 11.6. The minimum absolute atomic E-state index is 0.213. The fourth-order valence-corrected chi connectivity index (χ4v) is 2.58. The van der Waals surface area contributed by atoms with Crippen LogP contribution < -0.4 is 4.90 Å². The lowest BCUT2D eigenvalue weighted by Crippen LogP contribution is -2.28. The van der Waals surface area contributed by atoms with Gasteiger partial charge in [-0.15, -0.1) is 6.42 Å². The van der Waals surface area contributed by atoms with Crippen LogP contribution in [0.1, 0.15) is 23.2 Å². The maximum atomic E-state index is 11.6. The van der Waals surface area contributed by atoms with E-state index in [-0.39, 0.29) is 5.56 Å². The first-order valence-corrected chi connectivity index (χ1v) is 7.00. The average molecular weight is 280 g/mol. The van der Waals surface area contributed by atoms with Crippen molar-refractivity contribution < 1.29 is 9.90 Å². The zero-order chi connectivity index (χ0) is 14.8. The molecule has 0 atom stereocenters. The number of carboxylic acid groups (broad SMARTS) is 1. The molecule has 1 N–H and O–H groups in total. The van der Waals surface area contributed by atoms with Gasteiger partial charge in [-0.3, -0.25) is 4.98 Å². The summed E-state index contributed by atoms with van der Waals surface area (Å²) in [5.41, 5.74) is 1.69. The largest absolute Gasteiger partial charge is 0.478 e. The summed E-state index contributed by atoms with van der Waals surface area (Å²) in [7, 11) is 0. The third kappa shape index (κ3) is 2.68. The first-order chi connectivity index (χ1) is 10.2. The second kappa shape index (κ2) is 5.45. The molecule has 4 heteroatoms. The minimum atomic E-state index is -0.971. The number of hydrogen-bond acceptors (Lipinski definition) is 3. The van der Waals surface area contributed by atoms with E-state index >= 15 is 0 Å². The molecule has 0 radical (unpaired) electrons. The number of para-hydroxylation sites is 1. The third-order valence-corrected chi connectivity index (χ3v) is 3.75. The van der Waals surface area contributed by atoms with Crippen molar-refractivity contribution >= 4 is 22.6 Å². The number of rotatable bonds is 5. The molecule has 21 heavy (non-hydrogen) atoms. The van der Waals surface area contributed by atoms with Crippen LogP contribution in [0.3, 0.4) is 0 Å². The molecule has 0 spiro atoms. The normalized spacial score (nSPS) is 13.9. The SMILES string of the molecule is C#CCN(CC1CC1)c1c(C(=O)O)cnc2ccccc12. The third-order valence-electron chi connectivity index (χ3n) is 3.75. The van der Waals surface area contributed by atoms with Crippen molar-refractivity contribution in [3.05, 3.63) is 36.0 Å². The van der Waals surface area contributed by atoms with E-state index < -0.39 is 5.97 Å². The number of benzene rings is 1. The number of carbonyl (C=O) groups is 1. The van der Waals surface area contributed by atoms with Crippen molar-refractivity contribution in [3.63, 3.8) is 0 Å². The molecule has 1 aromatic heterocycles. The van der Waals surface area contributed by atoms with Gasteiger partial charge < -0.3 is 10.0 Å². The molecule has 4 nitrogen and oxygen atoms in total. The summed E-state index contributed by atoms with van der Waals surface area (Å²) in [6, 6.07) is 7.58. The number of aromatic carboxylic acids is 1. The zero-order valence-electron chi connectivity index (χ0n) is 11.6. The van der Waals surface area contributed by atoms with E-state index in [2.05, 4.69) is 10.9 Å². The number of terminal acetylenes is 1. The molecule has 3 rings (SSSR count). The van der Waals surface area contributed by atoms with Crippen molar-refractivity contribution in [2.75, 3.05) is 18.0 Å². The van der Waals surface area contributed by atoms with Crippen molar-refractivity contribution in [1.29, 1.82) is 0 Å². The number of anilines is 1. The van der Waals surface area contributed by atoms with Crippen LogP contribution >= 0.6 is 0 Å². The lowest BCUT2D eigenvalue weighted by Gasteiger charge is -2.25. The maximum absolute atomic E-state index is 11.6. The highest BCUT2D eigenvalue weighted by Gasteiger charge is 2.27. The van der Waals surface area contributed by atoms with E-state index in [0.717, 1.165) is 17.4 Å². The summed E-state index contributed by atoms with van der Waals surface area (Å²) in [5, 5.41) is 10.3. The number of carboxylic acids is 1. The van der Waals surface area contributed by atoms with Gasteiger partial charge in [0, 0.05) is 18.1 Å². The van der Waals surface area contributed by atoms with Crippen molar-refractivity contribution in [3.8, 4) is 12.3 Å². The smallest absolute Gasteiger partial charge is 0.339 e. The Morgan fingerprint density at radius 1 is 1.43 bits per heavy atom. The standard InChI is InChI=1S/C17H16N2O2/c1-2-9-19(11-12-7-8-12)16-13-5-3-4-6-15(13)18-10-14(16)17(20)21/h1,3-6,10,12H,7-9,11H2,(H,20,21). The molecular weight excluding hydrogens is 264 g/mol. The lowest BCUT2D eigenvalue weighted by atomic mass is 10.1. The molecule has 1 fully saturated rings. The van der Waals surface area contributed by atoms with E-state index in [1.165, 1.54) is 19.0 Å². The quantitative estimate of drug-likeness (QED) is 0.856. The Morgan fingerprint density at radius 2 is 2.19 bits per heavy atom. The summed E-state index contributed by atoms with van der Waals surface area (Å²) in [4.78, 5) is 17.8. The summed E-state index contributed by atoms with van der Waals surface area (Å²) in [6.45, 7) is 1.21. The molecule has 0 amide bonds. The molecule has 106 valence electrons. The molecule has 1 saturated carbocycles. The van der Waals surface area contributed by atoms with Gasteiger partial charge in [-0.1, -0.05) is 24.1 Å². The van der Waals surface area contributed by atoms with Gasteiger partial charge >= 0.3 is 5.97 Å². The fraction of sp³-hybridized carbons (Fsp3) is 0.294. The molecular formula is C17H16N2O2. The van der Waals surface area contributed by atoms with Crippen LogP contribution in [0.25, 0.3) is 10.9 Å². The highest BCUT2D eigenvalue weighted by molar-refractivity contribution is 6.04. The van der Waals surface area contributed by atoms with E-state index in [1.807, 2.05) is 29.2 Å². The fourth-order valence-electron chi connectivity index (χ4n) is 2.58. The Kier molecular flexibility index (Phi) is 3.49. The molecule has 0 aliphatic heterocycles. The van der Waals surface area contributed by atoms with Crippen LogP contribution in [0.4, 0.5) is 5.69 Å². The van der Waals surface area contributed by atoms with Gasteiger partial charge in [-0.05, 0) is 24.8 Å². The highest BCUT2D eigenvalue weighted by atomic mass is 16.4. The molecule has 1 aliphatic carbocycles. The van der Waals surface area contributed by atoms with Gasteiger partial charge in [0.15, 0.2) is 0 Å². The van der Waals surface area contributed by atoms with E-state index in [1.54, 1.807) is 0 Å². The maximum Gasteiger partial charge on any atom is 0.339 e. The number of nitrogens with zero attached hydrogens (tertiary/aromatic N) is 2. The van der Waals surface area contributed by atoms with E-state index in [0.29, 0.717) is 18.2 Å². The second-order valence-corrected chi connectivity index (χ2v) is 5.37. The number of aromatic nitrogens is 1. The van der Waals surface area contributed by atoms with Crippen LogP contribution in [0.15, 0.2) is 30.5 Å². The van der Waals surface area contributed by atoms with Crippen molar-refractivity contribution in [2.24, 2.45) is 5.92 Å². The average Bonchev–Trinajstić information content (AvgIpc) is 3.29.